The maximum Gasteiger partial charge on any atom is 0.271 e. The van der Waals surface area contributed by atoms with E-state index in [0.29, 0.717) is 33.3 Å². The van der Waals surface area contributed by atoms with E-state index in [2.05, 4.69) is 10.5 Å². The van der Waals surface area contributed by atoms with Crippen molar-refractivity contribution in [3.05, 3.63) is 88.4 Å². The van der Waals surface area contributed by atoms with Gasteiger partial charge in [0, 0.05) is 23.2 Å². The van der Waals surface area contributed by atoms with Gasteiger partial charge in [0.05, 0.1) is 25.3 Å². The van der Waals surface area contributed by atoms with E-state index < -0.39 is 15.9 Å². The van der Waals surface area contributed by atoms with E-state index in [-0.39, 0.29) is 6.61 Å². The van der Waals surface area contributed by atoms with Gasteiger partial charge in [-0.1, -0.05) is 29.8 Å². The number of hydrogen-bond donors (Lipinski definition) is 1. The second-order valence-corrected chi connectivity index (χ2v) is 9.69. The zero-order chi connectivity index (χ0) is 24.7. The summed E-state index contributed by atoms with van der Waals surface area (Å²) in [6.07, 6.45) is 2.58. The zero-order valence-corrected chi connectivity index (χ0v) is 20.4. The number of methoxy groups -OCH3 is 1. The number of carbonyl (C=O) groups is 1. The minimum absolute atomic E-state index is 0.290. The summed E-state index contributed by atoms with van der Waals surface area (Å²) >= 11 is 6.17. The Balaban J connectivity index is 1.62. The highest BCUT2D eigenvalue weighted by Crippen LogP contribution is 2.29. The van der Waals surface area contributed by atoms with Gasteiger partial charge in [0.1, 0.15) is 6.61 Å². The van der Waals surface area contributed by atoms with Crippen molar-refractivity contribution in [1.29, 1.82) is 0 Å². The second-order valence-electron chi connectivity index (χ2n) is 7.27. The number of nitrogens with zero attached hydrogens (tertiary/aromatic N) is 2. The van der Waals surface area contributed by atoms with E-state index in [4.69, 9.17) is 21.1 Å². The van der Waals surface area contributed by atoms with E-state index in [9.17, 15) is 13.2 Å². The number of hydrogen-bond acceptors (Lipinski definition) is 6. The van der Waals surface area contributed by atoms with Crippen molar-refractivity contribution in [2.75, 3.05) is 24.7 Å². The van der Waals surface area contributed by atoms with Gasteiger partial charge in [-0.2, -0.15) is 5.10 Å². The summed E-state index contributed by atoms with van der Waals surface area (Å²) in [6.45, 7) is 0.290. The van der Waals surface area contributed by atoms with Crippen LogP contribution < -0.4 is 19.2 Å². The monoisotopic (exact) mass is 501 g/mol. The minimum atomic E-state index is -3.38. The molecule has 3 aromatic carbocycles. The van der Waals surface area contributed by atoms with E-state index in [1.807, 2.05) is 18.2 Å². The lowest BCUT2D eigenvalue weighted by molar-refractivity contribution is 0.0955. The summed E-state index contributed by atoms with van der Waals surface area (Å²) in [7, 11) is -0.405. The maximum absolute atomic E-state index is 12.3. The summed E-state index contributed by atoms with van der Waals surface area (Å²) in [5, 5.41) is 4.60. The van der Waals surface area contributed by atoms with Crippen LogP contribution in [0.5, 0.6) is 11.5 Å². The molecule has 10 heteroatoms. The Morgan fingerprint density at radius 3 is 2.44 bits per heavy atom. The average molecular weight is 502 g/mol. The Bertz CT molecular complexity index is 1290. The van der Waals surface area contributed by atoms with Crippen LogP contribution in [-0.2, 0) is 16.6 Å². The third-order valence-electron chi connectivity index (χ3n) is 4.90. The van der Waals surface area contributed by atoms with Crippen LogP contribution in [0.2, 0.25) is 5.02 Å². The minimum Gasteiger partial charge on any atom is -0.493 e. The smallest absolute Gasteiger partial charge is 0.271 e. The molecule has 0 atom stereocenters. The number of anilines is 1. The van der Waals surface area contributed by atoms with E-state index in [0.717, 1.165) is 16.1 Å². The van der Waals surface area contributed by atoms with Gasteiger partial charge in [-0.05, 0) is 54.1 Å². The van der Waals surface area contributed by atoms with Gasteiger partial charge in [-0.25, -0.2) is 13.8 Å². The summed E-state index contributed by atoms with van der Waals surface area (Å²) in [4.78, 5) is 12.3. The molecule has 34 heavy (non-hydrogen) atoms. The van der Waals surface area contributed by atoms with Gasteiger partial charge < -0.3 is 9.47 Å². The van der Waals surface area contributed by atoms with Crippen LogP contribution in [0.15, 0.2) is 71.8 Å². The average Bonchev–Trinajstić information content (AvgIpc) is 2.83. The van der Waals surface area contributed by atoms with Crippen molar-refractivity contribution in [2.24, 2.45) is 5.10 Å². The first kappa shape index (κ1) is 25.1. The molecule has 178 valence electrons. The summed E-state index contributed by atoms with van der Waals surface area (Å²) < 4.78 is 35.6. The molecule has 0 saturated heterocycles. The van der Waals surface area contributed by atoms with Crippen molar-refractivity contribution in [1.82, 2.24) is 5.43 Å². The Hall–Kier alpha value is -3.56. The quantitative estimate of drug-likeness (QED) is 0.352. The summed E-state index contributed by atoms with van der Waals surface area (Å²) in [5.74, 6) is 0.618. The molecular weight excluding hydrogens is 478 g/mol. The highest BCUT2D eigenvalue weighted by Gasteiger charge is 2.13. The molecule has 0 radical (unpaired) electrons. The molecule has 1 amide bonds. The third-order valence-corrected chi connectivity index (χ3v) is 6.47. The van der Waals surface area contributed by atoms with Gasteiger partial charge in [-0.15, -0.1) is 0 Å². The van der Waals surface area contributed by atoms with E-state index >= 15 is 0 Å². The third kappa shape index (κ3) is 6.49. The summed E-state index contributed by atoms with van der Waals surface area (Å²) in [6, 6.07) is 18.8. The predicted octanol–water partition coefficient (Wildman–Crippen LogP) is 4.09. The van der Waals surface area contributed by atoms with Crippen molar-refractivity contribution in [3.63, 3.8) is 0 Å². The molecule has 0 aliphatic carbocycles. The zero-order valence-electron chi connectivity index (χ0n) is 18.9. The van der Waals surface area contributed by atoms with Crippen LogP contribution in [-0.4, -0.2) is 41.0 Å². The van der Waals surface area contributed by atoms with Gasteiger partial charge in [0.15, 0.2) is 11.5 Å². The molecule has 0 bridgehead atoms. The normalized spacial score (nSPS) is 11.3. The number of benzene rings is 3. The Morgan fingerprint density at radius 1 is 1.09 bits per heavy atom. The maximum atomic E-state index is 12.3. The number of hydrazone groups is 1. The molecule has 0 heterocycles. The molecule has 0 aliphatic rings. The Kier molecular flexibility index (Phi) is 8.14. The SMILES string of the molecule is COc1cc(/C=N\NC(=O)c2ccc(N(C)S(C)(=O)=O)cc2)ccc1OCc1ccccc1Cl. The fraction of sp³-hybridized carbons (Fsp3) is 0.167. The Labute approximate surface area is 203 Å². The van der Waals surface area contributed by atoms with Crippen molar-refractivity contribution < 1.29 is 22.7 Å². The number of amides is 1. The summed E-state index contributed by atoms with van der Waals surface area (Å²) in [5.41, 5.74) is 4.77. The fourth-order valence-corrected chi connectivity index (χ4v) is 3.59. The standard InChI is InChI=1S/C24H24ClN3O5S/c1-28(34(3,30)31)20-11-9-18(10-12-20)24(29)27-26-15-17-8-13-22(23(14-17)32-2)33-16-19-6-4-5-7-21(19)25/h4-15H,16H2,1-3H3,(H,27,29)/b26-15-. The lowest BCUT2D eigenvalue weighted by Crippen LogP contribution is -2.25. The van der Waals surface area contributed by atoms with Crippen LogP contribution in [0.1, 0.15) is 21.5 Å². The van der Waals surface area contributed by atoms with Crippen molar-refractivity contribution in [3.8, 4) is 11.5 Å². The topological polar surface area (TPSA) is 97.3 Å². The van der Waals surface area contributed by atoms with E-state index in [1.54, 1.807) is 36.4 Å². The molecule has 0 aromatic heterocycles. The van der Waals surface area contributed by atoms with Gasteiger partial charge in [-0.3, -0.25) is 9.10 Å². The number of ether oxygens (including phenoxy) is 2. The first-order chi connectivity index (χ1) is 16.2. The second kappa shape index (κ2) is 11.0. The van der Waals surface area contributed by atoms with Crippen molar-refractivity contribution >= 4 is 39.4 Å². The molecule has 0 spiro atoms. The lowest BCUT2D eigenvalue weighted by Gasteiger charge is -2.16. The van der Waals surface area contributed by atoms with Crippen LogP contribution in [0.4, 0.5) is 5.69 Å². The van der Waals surface area contributed by atoms with Crippen LogP contribution in [0.3, 0.4) is 0 Å². The highest BCUT2D eigenvalue weighted by atomic mass is 35.5. The molecular formula is C24H24ClN3O5S. The Morgan fingerprint density at radius 2 is 1.79 bits per heavy atom. The molecule has 0 unspecified atom stereocenters. The molecule has 1 N–H and O–H groups in total. The number of rotatable bonds is 9. The molecule has 8 nitrogen and oxygen atoms in total. The number of nitrogens with one attached hydrogen (secondary N) is 1. The van der Waals surface area contributed by atoms with E-state index in [1.165, 1.54) is 32.5 Å². The molecule has 0 fully saturated rings. The van der Waals surface area contributed by atoms with Gasteiger partial charge in [0.2, 0.25) is 10.0 Å². The predicted molar refractivity (Wildman–Crippen MR) is 134 cm³/mol. The molecule has 0 aliphatic heterocycles. The molecule has 3 aromatic rings. The van der Waals surface area contributed by atoms with Gasteiger partial charge in [0.25, 0.3) is 5.91 Å². The number of sulfonamides is 1. The number of carbonyl (C=O) groups excluding carboxylic acids is 1. The largest absolute Gasteiger partial charge is 0.493 e. The van der Waals surface area contributed by atoms with Crippen molar-refractivity contribution in [2.45, 2.75) is 6.61 Å². The molecule has 0 saturated carbocycles. The van der Waals surface area contributed by atoms with Crippen LogP contribution in [0.25, 0.3) is 0 Å². The number of halogens is 1. The highest BCUT2D eigenvalue weighted by molar-refractivity contribution is 7.92. The van der Waals surface area contributed by atoms with Crippen LogP contribution in [0, 0.1) is 0 Å². The van der Waals surface area contributed by atoms with Crippen LogP contribution >= 0.6 is 11.6 Å². The van der Waals surface area contributed by atoms with Gasteiger partial charge >= 0.3 is 0 Å². The first-order valence-corrected chi connectivity index (χ1v) is 12.3. The first-order valence-electron chi connectivity index (χ1n) is 10.1. The lowest BCUT2D eigenvalue weighted by atomic mass is 10.2. The fourth-order valence-electron chi connectivity index (χ4n) is 2.90. The molecule has 3 rings (SSSR count).